The van der Waals surface area contributed by atoms with Crippen LogP contribution in [0.1, 0.15) is 5.69 Å². The highest BCUT2D eigenvalue weighted by molar-refractivity contribution is 7.17. The number of anilines is 1. The maximum Gasteiger partial charge on any atom is 0.139 e. The molecule has 0 saturated heterocycles. The number of nitrogens with zero attached hydrogens (tertiary/aromatic N) is 3. The molecule has 3 aromatic heterocycles. The van der Waals surface area contributed by atoms with Crippen LogP contribution in [0.15, 0.2) is 60.4 Å². The summed E-state index contributed by atoms with van der Waals surface area (Å²) in [6.45, 7) is 0.561. The zero-order valence-corrected chi connectivity index (χ0v) is 13.4. The molecule has 4 aromatic rings. The lowest BCUT2D eigenvalue weighted by molar-refractivity contribution is 0.628. The van der Waals surface area contributed by atoms with Gasteiger partial charge in [-0.2, -0.15) is 0 Å². The van der Waals surface area contributed by atoms with E-state index in [9.17, 15) is 4.39 Å². The molecular weight excluding hydrogens is 323 g/mol. The first kappa shape index (κ1) is 14.7. The molecule has 0 aliphatic heterocycles. The van der Waals surface area contributed by atoms with Gasteiger partial charge in [-0.3, -0.25) is 4.98 Å². The molecular formula is C18H13FN4S. The number of aromatic nitrogens is 3. The van der Waals surface area contributed by atoms with Gasteiger partial charge in [0.15, 0.2) is 0 Å². The second kappa shape index (κ2) is 6.33. The van der Waals surface area contributed by atoms with Gasteiger partial charge in [0.2, 0.25) is 0 Å². The van der Waals surface area contributed by atoms with Crippen LogP contribution in [0.2, 0.25) is 0 Å². The molecule has 0 unspecified atom stereocenters. The number of hydrogen-bond acceptors (Lipinski definition) is 5. The average Bonchev–Trinajstić information content (AvgIpc) is 3.05. The van der Waals surface area contributed by atoms with Crippen molar-refractivity contribution in [3.8, 4) is 11.1 Å². The highest BCUT2D eigenvalue weighted by atomic mass is 32.1. The molecule has 1 N–H and O–H groups in total. The van der Waals surface area contributed by atoms with Crippen molar-refractivity contribution >= 4 is 27.4 Å². The molecule has 0 spiro atoms. The summed E-state index contributed by atoms with van der Waals surface area (Å²) in [4.78, 5) is 13.9. The Kier molecular flexibility index (Phi) is 3.88. The van der Waals surface area contributed by atoms with Gasteiger partial charge in [-0.1, -0.05) is 18.2 Å². The van der Waals surface area contributed by atoms with Crippen LogP contribution < -0.4 is 5.32 Å². The van der Waals surface area contributed by atoms with Crippen LogP contribution in [0.4, 0.5) is 10.2 Å². The summed E-state index contributed by atoms with van der Waals surface area (Å²) in [5, 5.41) is 6.21. The third kappa shape index (κ3) is 2.83. The maximum atomic E-state index is 13.6. The number of pyridine rings is 1. The number of nitrogens with one attached hydrogen (secondary N) is 1. The summed E-state index contributed by atoms with van der Waals surface area (Å²) in [5.41, 5.74) is 2.67. The van der Waals surface area contributed by atoms with Crippen LogP contribution in [0.3, 0.4) is 0 Å². The SMILES string of the molecule is Fc1cccc(-c2csc3ncnc(NCc4ccccn4)c23)c1. The number of benzene rings is 1. The number of fused-ring (bicyclic) bond motifs is 1. The molecule has 0 bridgehead atoms. The summed E-state index contributed by atoms with van der Waals surface area (Å²) in [6, 6.07) is 12.3. The molecule has 0 aliphatic carbocycles. The molecule has 0 fully saturated rings. The second-order valence-corrected chi connectivity index (χ2v) is 6.09. The van der Waals surface area contributed by atoms with Crippen LogP contribution in [0, 0.1) is 5.82 Å². The zero-order valence-electron chi connectivity index (χ0n) is 12.6. The molecule has 4 nitrogen and oxygen atoms in total. The highest BCUT2D eigenvalue weighted by Gasteiger charge is 2.13. The average molecular weight is 336 g/mol. The first-order chi connectivity index (χ1) is 11.8. The van der Waals surface area contributed by atoms with E-state index < -0.39 is 0 Å². The van der Waals surface area contributed by atoms with Crippen molar-refractivity contribution in [1.29, 1.82) is 0 Å². The minimum Gasteiger partial charge on any atom is -0.364 e. The Labute approximate surface area is 142 Å². The molecule has 0 saturated carbocycles. The van der Waals surface area contributed by atoms with Gasteiger partial charge in [0.25, 0.3) is 0 Å². The smallest absolute Gasteiger partial charge is 0.139 e. The quantitative estimate of drug-likeness (QED) is 0.596. The molecule has 24 heavy (non-hydrogen) atoms. The fraction of sp³-hybridized carbons (Fsp3) is 0.0556. The van der Waals surface area contributed by atoms with Gasteiger partial charge >= 0.3 is 0 Å². The van der Waals surface area contributed by atoms with Gasteiger partial charge in [0.05, 0.1) is 17.6 Å². The predicted molar refractivity (Wildman–Crippen MR) is 94.4 cm³/mol. The van der Waals surface area contributed by atoms with Crippen molar-refractivity contribution in [3.63, 3.8) is 0 Å². The predicted octanol–water partition coefficient (Wildman–Crippen LogP) is 4.50. The molecule has 118 valence electrons. The lowest BCUT2D eigenvalue weighted by Gasteiger charge is -2.08. The molecule has 4 rings (SSSR count). The summed E-state index contributed by atoms with van der Waals surface area (Å²) >= 11 is 1.52. The molecule has 0 atom stereocenters. The first-order valence-electron chi connectivity index (χ1n) is 7.43. The van der Waals surface area contributed by atoms with Gasteiger partial charge in [0.1, 0.15) is 22.8 Å². The zero-order chi connectivity index (χ0) is 16.4. The van der Waals surface area contributed by atoms with E-state index in [-0.39, 0.29) is 5.82 Å². The largest absolute Gasteiger partial charge is 0.364 e. The Hall–Kier alpha value is -2.86. The maximum absolute atomic E-state index is 13.6. The number of rotatable bonds is 4. The van der Waals surface area contributed by atoms with E-state index in [4.69, 9.17) is 0 Å². The topological polar surface area (TPSA) is 50.7 Å². The van der Waals surface area contributed by atoms with E-state index in [1.54, 1.807) is 12.3 Å². The van der Waals surface area contributed by atoms with Crippen molar-refractivity contribution in [1.82, 2.24) is 15.0 Å². The highest BCUT2D eigenvalue weighted by Crippen LogP contribution is 2.36. The summed E-state index contributed by atoms with van der Waals surface area (Å²) in [5.74, 6) is 0.470. The van der Waals surface area contributed by atoms with E-state index in [1.807, 2.05) is 29.6 Å². The fourth-order valence-corrected chi connectivity index (χ4v) is 3.47. The van der Waals surface area contributed by atoms with Crippen LogP contribution in [-0.2, 0) is 6.54 Å². The van der Waals surface area contributed by atoms with Crippen LogP contribution in [0.25, 0.3) is 21.3 Å². The molecule has 3 heterocycles. The molecule has 0 radical (unpaired) electrons. The minimum absolute atomic E-state index is 0.258. The van der Waals surface area contributed by atoms with Gasteiger partial charge in [-0.05, 0) is 29.8 Å². The number of halogens is 1. The van der Waals surface area contributed by atoms with E-state index in [1.165, 1.54) is 29.8 Å². The Bertz CT molecular complexity index is 985. The Morgan fingerprint density at radius 3 is 2.83 bits per heavy atom. The first-order valence-corrected chi connectivity index (χ1v) is 8.31. The number of thiophene rings is 1. The van der Waals surface area contributed by atoms with Gasteiger partial charge < -0.3 is 5.32 Å². The molecule has 0 aliphatic rings. The van der Waals surface area contributed by atoms with Crippen LogP contribution in [0.5, 0.6) is 0 Å². The lowest BCUT2D eigenvalue weighted by atomic mass is 10.1. The Morgan fingerprint density at radius 2 is 2.00 bits per heavy atom. The van der Waals surface area contributed by atoms with Gasteiger partial charge in [-0.15, -0.1) is 11.3 Å². The molecule has 1 aromatic carbocycles. The van der Waals surface area contributed by atoms with Crippen molar-refractivity contribution in [2.45, 2.75) is 6.54 Å². The van der Waals surface area contributed by atoms with Crippen molar-refractivity contribution in [2.24, 2.45) is 0 Å². The van der Waals surface area contributed by atoms with E-state index in [2.05, 4.69) is 20.3 Å². The summed E-state index contributed by atoms with van der Waals surface area (Å²) in [6.07, 6.45) is 3.30. The Balaban J connectivity index is 1.74. The van der Waals surface area contributed by atoms with E-state index in [0.29, 0.717) is 6.54 Å². The second-order valence-electron chi connectivity index (χ2n) is 5.24. The van der Waals surface area contributed by atoms with Crippen molar-refractivity contribution < 1.29 is 4.39 Å². The third-order valence-corrected chi connectivity index (χ3v) is 4.56. The summed E-state index contributed by atoms with van der Waals surface area (Å²) < 4.78 is 13.6. The lowest BCUT2D eigenvalue weighted by Crippen LogP contribution is -2.03. The third-order valence-electron chi connectivity index (χ3n) is 3.67. The monoisotopic (exact) mass is 336 g/mol. The van der Waals surface area contributed by atoms with Crippen molar-refractivity contribution in [2.75, 3.05) is 5.32 Å². The van der Waals surface area contributed by atoms with E-state index in [0.717, 1.165) is 32.9 Å². The van der Waals surface area contributed by atoms with Gasteiger partial charge in [-0.25, -0.2) is 14.4 Å². The standard InChI is InChI=1S/C18H13FN4S/c19-13-5-3-4-12(8-13)15-10-24-18-16(15)17(22-11-23-18)21-9-14-6-1-2-7-20-14/h1-8,10-11H,9H2,(H,21,22,23). The molecule has 0 amide bonds. The van der Waals surface area contributed by atoms with Crippen LogP contribution in [-0.4, -0.2) is 15.0 Å². The van der Waals surface area contributed by atoms with E-state index >= 15 is 0 Å². The Morgan fingerprint density at radius 1 is 1.04 bits per heavy atom. The van der Waals surface area contributed by atoms with Crippen LogP contribution >= 0.6 is 11.3 Å². The normalized spacial score (nSPS) is 10.9. The fourth-order valence-electron chi connectivity index (χ4n) is 2.55. The number of hydrogen-bond donors (Lipinski definition) is 1. The van der Waals surface area contributed by atoms with Crippen molar-refractivity contribution in [3.05, 3.63) is 71.9 Å². The molecule has 6 heteroatoms. The van der Waals surface area contributed by atoms with Gasteiger partial charge in [0, 0.05) is 17.1 Å². The minimum atomic E-state index is -0.258. The summed E-state index contributed by atoms with van der Waals surface area (Å²) in [7, 11) is 0.